The van der Waals surface area contributed by atoms with E-state index in [1.165, 1.54) is 193 Å². The standard InChI is InChI=1S/2C24H51O3P.2NO3.Pd/c2*1-4-7-10-13-16-19-22-25-28(26-23-20-17-14-11-8-5-2)27-24-21-18-15-12-9-6-3;2*2-1(3)4;/h2*4-24H2,1-3H3;;;/q;;2*-1;+2. The second-order valence-electron chi connectivity index (χ2n) is 16.5. The molecule has 0 aromatic carbocycles. The van der Waals surface area contributed by atoms with Crippen LogP contribution in [0.1, 0.15) is 273 Å². The third-order valence-corrected chi connectivity index (χ3v) is 12.5. The number of rotatable bonds is 48. The molecule has 0 fully saturated rings. The van der Waals surface area contributed by atoms with Crippen molar-refractivity contribution in [1.29, 1.82) is 0 Å². The maximum atomic E-state index is 8.25. The van der Waals surface area contributed by atoms with E-state index in [1.54, 1.807) is 0 Å². The zero-order chi connectivity index (χ0) is 48.3. The molecule has 0 saturated carbocycles. The summed E-state index contributed by atoms with van der Waals surface area (Å²) in [5.41, 5.74) is 0. The third kappa shape index (κ3) is 84.1. The summed E-state index contributed by atoms with van der Waals surface area (Å²) >= 11 is 0. The van der Waals surface area contributed by atoms with Gasteiger partial charge in [0.2, 0.25) is 0 Å². The van der Waals surface area contributed by atoms with Gasteiger partial charge in [-0.3, -0.25) is 0 Å². The van der Waals surface area contributed by atoms with Gasteiger partial charge in [0.15, 0.2) is 0 Å². The number of unbranched alkanes of at least 4 members (excludes halogenated alkanes) is 30. The molecular formula is C48H102N2O12P2Pd. The Balaban J connectivity index is -0.000000312. The average molecular weight is 1070 g/mol. The van der Waals surface area contributed by atoms with Crippen molar-refractivity contribution in [1.82, 2.24) is 0 Å². The summed E-state index contributed by atoms with van der Waals surface area (Å²) in [6, 6.07) is 0. The second-order valence-corrected chi connectivity index (χ2v) is 18.9. The van der Waals surface area contributed by atoms with E-state index in [-0.39, 0.29) is 20.4 Å². The maximum absolute atomic E-state index is 8.25. The van der Waals surface area contributed by atoms with Crippen molar-refractivity contribution in [2.24, 2.45) is 0 Å². The van der Waals surface area contributed by atoms with E-state index in [9.17, 15) is 0 Å². The molecule has 17 heteroatoms. The van der Waals surface area contributed by atoms with Crippen molar-refractivity contribution >= 4 is 17.2 Å². The number of hydrogen-bond donors (Lipinski definition) is 0. The van der Waals surface area contributed by atoms with Crippen LogP contribution in [0.15, 0.2) is 0 Å². The van der Waals surface area contributed by atoms with Crippen molar-refractivity contribution in [2.45, 2.75) is 273 Å². The topological polar surface area (TPSA) is 188 Å². The molecule has 0 saturated heterocycles. The van der Waals surface area contributed by atoms with Crippen molar-refractivity contribution in [3.05, 3.63) is 30.6 Å². The molecule has 0 spiro atoms. The van der Waals surface area contributed by atoms with E-state index in [1.807, 2.05) is 0 Å². The first-order valence-corrected chi connectivity index (χ1v) is 28.4. The minimum Gasteiger partial charge on any atom is -0.356 e. The number of hydrogen-bond acceptors (Lipinski definition) is 12. The molecule has 0 atom stereocenters. The molecule has 0 aliphatic rings. The molecule has 65 heavy (non-hydrogen) atoms. The summed E-state index contributed by atoms with van der Waals surface area (Å²) in [6.07, 6.45) is 46.4. The van der Waals surface area contributed by atoms with Crippen LogP contribution in [0, 0.1) is 30.6 Å². The Morgan fingerprint density at radius 3 is 0.492 bits per heavy atom. The Kier molecular flexibility index (Phi) is 79.6. The second kappa shape index (κ2) is 70.2. The smallest absolute Gasteiger partial charge is 0.356 e. The monoisotopic (exact) mass is 1070 g/mol. The molecular weight excluding hydrogens is 965 g/mol. The molecule has 0 unspecified atom stereocenters. The zero-order valence-corrected chi connectivity index (χ0v) is 46.0. The fourth-order valence-corrected chi connectivity index (χ4v) is 8.47. The Bertz CT molecular complexity index is 707. The molecule has 0 aromatic rings. The van der Waals surface area contributed by atoms with Gasteiger partial charge in [-0.1, -0.05) is 234 Å². The van der Waals surface area contributed by atoms with Crippen molar-refractivity contribution in [2.75, 3.05) is 39.6 Å². The van der Waals surface area contributed by atoms with E-state index < -0.39 is 27.4 Å². The quantitative estimate of drug-likeness (QED) is 0.0185. The van der Waals surface area contributed by atoms with E-state index in [2.05, 4.69) is 41.5 Å². The molecule has 0 aromatic heterocycles. The Morgan fingerprint density at radius 1 is 0.262 bits per heavy atom. The molecule has 0 rings (SSSR count). The van der Waals surface area contributed by atoms with Crippen LogP contribution in [0.4, 0.5) is 0 Å². The van der Waals surface area contributed by atoms with E-state index >= 15 is 0 Å². The summed E-state index contributed by atoms with van der Waals surface area (Å²) in [4.78, 5) is 16.5. The van der Waals surface area contributed by atoms with Gasteiger partial charge in [-0.05, 0) is 38.5 Å². The van der Waals surface area contributed by atoms with Crippen molar-refractivity contribution in [3.8, 4) is 0 Å². The Labute approximate surface area is 416 Å². The van der Waals surface area contributed by atoms with Gasteiger partial charge in [0.05, 0.1) is 49.8 Å². The van der Waals surface area contributed by atoms with Gasteiger partial charge < -0.3 is 57.8 Å². The fraction of sp³-hybridized carbons (Fsp3) is 1.00. The largest absolute Gasteiger partial charge is 2.00 e. The van der Waals surface area contributed by atoms with Gasteiger partial charge in [0, 0.05) is 0 Å². The summed E-state index contributed by atoms with van der Waals surface area (Å²) in [7, 11) is -2.29. The molecule has 0 bridgehead atoms. The van der Waals surface area contributed by atoms with Crippen LogP contribution < -0.4 is 0 Å². The first-order valence-electron chi connectivity index (χ1n) is 26.2. The average Bonchev–Trinajstić information content (AvgIpc) is 3.26. The summed E-state index contributed by atoms with van der Waals surface area (Å²) < 4.78 is 35.8. The maximum Gasteiger partial charge on any atom is 2.00 e. The van der Waals surface area contributed by atoms with E-state index in [4.69, 9.17) is 57.8 Å². The van der Waals surface area contributed by atoms with Crippen LogP contribution in [-0.4, -0.2) is 49.8 Å². The van der Waals surface area contributed by atoms with E-state index in [0.717, 1.165) is 78.2 Å². The molecule has 0 aliphatic carbocycles. The minimum atomic E-state index is -1.75. The predicted octanol–water partition coefficient (Wildman–Crippen LogP) is 18.2. The van der Waals surface area contributed by atoms with Gasteiger partial charge in [0.25, 0.3) is 0 Å². The minimum absolute atomic E-state index is 0. The third-order valence-electron chi connectivity index (χ3n) is 10.2. The normalized spacial score (nSPS) is 10.7. The van der Waals surface area contributed by atoms with E-state index in [0.29, 0.717) is 0 Å². The SMILES string of the molecule is CCCCCCCCOP(OCCCCCCCC)OCCCCCCCC.CCCCCCCCOP(OCCCCCCCC)OCCCCCCCC.O=[N+]([O-])[O-].O=[N+]([O-])[O-].[Pd+2]. The number of nitrogens with zero attached hydrogens (tertiary/aromatic N) is 2. The van der Waals surface area contributed by atoms with Crippen LogP contribution >= 0.6 is 17.2 Å². The van der Waals surface area contributed by atoms with Gasteiger partial charge in [-0.15, -0.1) is 0 Å². The van der Waals surface area contributed by atoms with Gasteiger partial charge >= 0.3 is 37.6 Å². The summed E-state index contributed by atoms with van der Waals surface area (Å²) in [5, 5.41) is 29.5. The van der Waals surface area contributed by atoms with Crippen LogP contribution in [0.5, 0.6) is 0 Å². The van der Waals surface area contributed by atoms with Crippen molar-refractivity contribution in [3.63, 3.8) is 0 Å². The first kappa shape index (κ1) is 73.6. The van der Waals surface area contributed by atoms with Gasteiger partial charge in [-0.25, -0.2) is 0 Å². The van der Waals surface area contributed by atoms with Crippen molar-refractivity contribution < 1.29 is 57.7 Å². The Hall–Kier alpha value is -0.318. The molecule has 396 valence electrons. The predicted molar refractivity (Wildman–Crippen MR) is 271 cm³/mol. The first-order chi connectivity index (χ1) is 31.2. The van der Waals surface area contributed by atoms with Crippen LogP contribution in [0.3, 0.4) is 0 Å². The fourth-order valence-electron chi connectivity index (χ4n) is 6.35. The molecule has 0 heterocycles. The summed E-state index contributed by atoms with van der Waals surface area (Å²) in [5.74, 6) is 0. The summed E-state index contributed by atoms with van der Waals surface area (Å²) in [6.45, 7) is 18.3. The zero-order valence-electron chi connectivity index (χ0n) is 42.7. The van der Waals surface area contributed by atoms with Crippen LogP contribution in [0.25, 0.3) is 0 Å². The van der Waals surface area contributed by atoms with Gasteiger partial charge in [0.1, 0.15) is 0 Å². The van der Waals surface area contributed by atoms with Crippen LogP contribution in [0.2, 0.25) is 0 Å². The molecule has 0 amide bonds. The molecule has 0 radical (unpaired) electrons. The van der Waals surface area contributed by atoms with Crippen LogP contribution in [-0.2, 0) is 47.6 Å². The molecule has 0 aliphatic heterocycles. The molecule has 14 nitrogen and oxygen atoms in total. The van der Waals surface area contributed by atoms with Gasteiger partial charge in [-0.2, -0.15) is 0 Å². The Morgan fingerprint density at radius 2 is 0.369 bits per heavy atom. The molecule has 0 N–H and O–H groups in total.